The first-order valence-corrected chi connectivity index (χ1v) is 7.92. The van der Waals surface area contributed by atoms with Crippen LogP contribution in [0.25, 0.3) is 6.08 Å². The quantitative estimate of drug-likeness (QED) is 0.416. The van der Waals surface area contributed by atoms with E-state index in [0.29, 0.717) is 5.56 Å². The molecule has 0 atom stereocenters. The fourth-order valence-electron chi connectivity index (χ4n) is 1.49. The van der Waals surface area contributed by atoms with Gasteiger partial charge in [0.15, 0.2) is 0 Å². The molecule has 20 heavy (non-hydrogen) atoms. The Balaban J connectivity index is 3.20. The lowest BCUT2D eigenvalue weighted by Crippen LogP contribution is -2.11. The fourth-order valence-corrected chi connectivity index (χ4v) is 3.11. The van der Waals surface area contributed by atoms with Crippen LogP contribution < -0.4 is 0 Å². The second-order valence-corrected chi connectivity index (χ2v) is 5.63. The maximum absolute atomic E-state index is 12.7. The molecule has 0 radical (unpaired) electrons. The van der Waals surface area contributed by atoms with Gasteiger partial charge in [0.1, 0.15) is 5.31 Å². The molecule has 0 unspecified atom stereocenters. The Bertz CT molecular complexity index is 481. The number of rotatable bonds is 8. The third-order valence-electron chi connectivity index (χ3n) is 2.22. The maximum Gasteiger partial charge on any atom is 0.368 e. The predicted molar refractivity (Wildman–Crippen MR) is 74.2 cm³/mol. The summed E-state index contributed by atoms with van der Waals surface area (Å²) in [5, 5.41) is -0.135. The van der Waals surface area contributed by atoms with Crippen LogP contribution in [0.5, 0.6) is 0 Å². The van der Waals surface area contributed by atoms with Crippen LogP contribution in [-0.4, -0.2) is 25.8 Å². The van der Waals surface area contributed by atoms with Crippen molar-refractivity contribution >= 4 is 19.6 Å². The van der Waals surface area contributed by atoms with Crippen molar-refractivity contribution in [3.05, 3.63) is 29.5 Å². The summed E-state index contributed by atoms with van der Waals surface area (Å²) in [6.45, 7) is 5.48. The first-order chi connectivity index (χ1) is 9.57. The van der Waals surface area contributed by atoms with E-state index in [4.69, 9.17) is 18.2 Å². The largest absolute Gasteiger partial charge is 0.472 e. The summed E-state index contributed by atoms with van der Waals surface area (Å²) in [4.78, 5) is 12.0. The SMILES string of the molecule is CCOC(=O)/C(=C/c1ccoc1)P(=O)(OCC)OCC. The van der Waals surface area contributed by atoms with Crippen molar-refractivity contribution in [2.75, 3.05) is 19.8 Å². The van der Waals surface area contributed by atoms with Gasteiger partial charge in [-0.1, -0.05) is 0 Å². The topological polar surface area (TPSA) is 75.0 Å². The van der Waals surface area contributed by atoms with Gasteiger partial charge in [0.2, 0.25) is 0 Å². The van der Waals surface area contributed by atoms with Gasteiger partial charge in [-0.05, 0) is 32.9 Å². The second-order valence-electron chi connectivity index (χ2n) is 3.64. The lowest BCUT2D eigenvalue weighted by atomic mass is 10.3. The van der Waals surface area contributed by atoms with Gasteiger partial charge in [0.25, 0.3) is 0 Å². The van der Waals surface area contributed by atoms with Gasteiger partial charge in [-0.3, -0.25) is 4.57 Å². The molecule has 0 bridgehead atoms. The van der Waals surface area contributed by atoms with E-state index in [9.17, 15) is 9.36 Å². The van der Waals surface area contributed by atoms with Gasteiger partial charge < -0.3 is 18.2 Å². The molecule has 0 aliphatic heterocycles. The molecule has 0 spiro atoms. The minimum Gasteiger partial charge on any atom is -0.472 e. The zero-order valence-electron chi connectivity index (χ0n) is 11.8. The number of carbonyl (C=O) groups is 1. The van der Waals surface area contributed by atoms with Crippen molar-refractivity contribution < 1.29 is 27.6 Å². The lowest BCUT2D eigenvalue weighted by molar-refractivity contribution is -0.137. The fraction of sp³-hybridized carbons (Fsp3) is 0.462. The zero-order chi connectivity index (χ0) is 15.0. The maximum atomic E-state index is 12.7. The Labute approximate surface area is 118 Å². The van der Waals surface area contributed by atoms with Gasteiger partial charge in [-0.15, -0.1) is 0 Å². The number of hydrogen-bond donors (Lipinski definition) is 0. The summed E-state index contributed by atoms with van der Waals surface area (Å²) in [7, 11) is -3.71. The Morgan fingerprint density at radius 2 is 1.90 bits per heavy atom. The Kier molecular flexibility index (Phi) is 6.71. The average molecular weight is 302 g/mol. The molecule has 0 fully saturated rings. The first-order valence-electron chi connectivity index (χ1n) is 6.38. The molecule has 1 aromatic rings. The molecule has 112 valence electrons. The van der Waals surface area contributed by atoms with Crippen LogP contribution in [0.3, 0.4) is 0 Å². The minimum atomic E-state index is -3.71. The van der Waals surface area contributed by atoms with Crippen molar-refractivity contribution in [1.82, 2.24) is 0 Å². The summed E-state index contributed by atoms with van der Waals surface area (Å²) in [6.07, 6.45) is 4.26. The van der Waals surface area contributed by atoms with Crippen LogP contribution in [0, 0.1) is 0 Å². The van der Waals surface area contributed by atoms with Crippen molar-refractivity contribution in [3.8, 4) is 0 Å². The Hall–Kier alpha value is -1.36. The number of carbonyl (C=O) groups excluding carboxylic acids is 1. The highest BCUT2D eigenvalue weighted by Crippen LogP contribution is 2.57. The molecule has 7 heteroatoms. The number of hydrogen-bond acceptors (Lipinski definition) is 6. The van der Waals surface area contributed by atoms with Crippen LogP contribution in [0.1, 0.15) is 26.3 Å². The molecule has 0 saturated carbocycles. The highest BCUT2D eigenvalue weighted by molar-refractivity contribution is 7.60. The van der Waals surface area contributed by atoms with Gasteiger partial charge in [-0.2, -0.15) is 0 Å². The first kappa shape index (κ1) is 16.7. The number of ether oxygens (including phenoxy) is 1. The zero-order valence-corrected chi connectivity index (χ0v) is 12.7. The lowest BCUT2D eigenvalue weighted by Gasteiger charge is -2.18. The summed E-state index contributed by atoms with van der Waals surface area (Å²) in [5.74, 6) is -0.723. The molecule has 0 amide bonds. The molecular weight excluding hydrogens is 283 g/mol. The van der Waals surface area contributed by atoms with E-state index in [0.717, 1.165) is 0 Å². The Morgan fingerprint density at radius 3 is 2.35 bits per heavy atom. The van der Waals surface area contributed by atoms with E-state index < -0.39 is 13.6 Å². The molecule has 6 nitrogen and oxygen atoms in total. The molecule has 0 aromatic carbocycles. The van der Waals surface area contributed by atoms with Gasteiger partial charge in [-0.25, -0.2) is 4.79 Å². The highest BCUT2D eigenvalue weighted by Gasteiger charge is 2.36. The normalized spacial score (nSPS) is 12.4. The second kappa shape index (κ2) is 8.04. The third-order valence-corrected chi connectivity index (χ3v) is 4.32. The summed E-state index contributed by atoms with van der Waals surface area (Å²) in [6, 6.07) is 1.63. The van der Waals surface area contributed by atoms with Crippen LogP contribution in [-0.2, 0) is 23.1 Å². The van der Waals surface area contributed by atoms with Crippen molar-refractivity contribution in [3.63, 3.8) is 0 Å². The summed E-state index contributed by atoms with van der Waals surface area (Å²) in [5.41, 5.74) is 0.577. The highest BCUT2D eigenvalue weighted by atomic mass is 31.2. The van der Waals surface area contributed by atoms with Crippen molar-refractivity contribution in [2.45, 2.75) is 20.8 Å². The van der Waals surface area contributed by atoms with E-state index in [2.05, 4.69) is 0 Å². The average Bonchev–Trinajstić information content (AvgIpc) is 2.89. The molecule has 1 heterocycles. The van der Waals surface area contributed by atoms with Crippen LogP contribution in [0.15, 0.2) is 28.3 Å². The standard InChI is InChI=1S/C13H19O6P/c1-4-17-13(14)12(9-11-7-8-16-10-11)20(15,18-5-2)19-6-3/h7-10H,4-6H2,1-3H3/b12-9-. The molecular formula is C13H19O6P. The van der Waals surface area contributed by atoms with E-state index in [1.807, 2.05) is 0 Å². The minimum absolute atomic E-state index is 0.135. The molecule has 1 aromatic heterocycles. The molecule has 1 rings (SSSR count). The molecule has 0 N–H and O–H groups in total. The van der Waals surface area contributed by atoms with Crippen LogP contribution >= 0.6 is 7.60 Å². The Morgan fingerprint density at radius 1 is 1.25 bits per heavy atom. The third kappa shape index (κ3) is 4.34. The van der Waals surface area contributed by atoms with Gasteiger partial charge in [0, 0.05) is 5.56 Å². The van der Waals surface area contributed by atoms with Crippen LogP contribution in [0.4, 0.5) is 0 Å². The summed E-state index contributed by atoms with van der Waals surface area (Å²) >= 11 is 0. The smallest absolute Gasteiger partial charge is 0.368 e. The monoisotopic (exact) mass is 302 g/mol. The van der Waals surface area contributed by atoms with Gasteiger partial charge in [0.05, 0.1) is 32.3 Å². The van der Waals surface area contributed by atoms with Gasteiger partial charge >= 0.3 is 13.6 Å². The molecule has 0 saturated heterocycles. The number of furan rings is 1. The number of esters is 1. The summed E-state index contributed by atoms with van der Waals surface area (Å²) < 4.78 is 32.9. The van der Waals surface area contributed by atoms with Crippen molar-refractivity contribution in [2.24, 2.45) is 0 Å². The molecule has 0 aliphatic carbocycles. The van der Waals surface area contributed by atoms with E-state index >= 15 is 0 Å². The predicted octanol–water partition coefficient (Wildman–Crippen LogP) is 3.45. The molecule has 0 aliphatic rings. The van der Waals surface area contributed by atoms with Crippen LogP contribution in [0.2, 0.25) is 0 Å². The van der Waals surface area contributed by atoms with E-state index in [1.165, 1.54) is 18.6 Å². The van der Waals surface area contributed by atoms with E-state index in [1.54, 1.807) is 26.8 Å². The van der Waals surface area contributed by atoms with E-state index in [-0.39, 0.29) is 25.1 Å². The van der Waals surface area contributed by atoms with Crippen molar-refractivity contribution in [1.29, 1.82) is 0 Å².